The Hall–Kier alpha value is -3.60. The number of carbonyl (C=O) groups is 1. The highest BCUT2D eigenvalue weighted by molar-refractivity contribution is 5.94. The molecular weight excluding hydrogens is 326 g/mol. The molecule has 1 amide bonds. The average Bonchev–Trinajstić information content (AvgIpc) is 2.64. The Morgan fingerprint density at radius 2 is 1.96 bits per heavy atom. The number of para-hydroxylation sites is 1. The lowest BCUT2D eigenvalue weighted by molar-refractivity contribution is -0.385. The molecule has 0 atom stereocenters. The third-order valence-corrected chi connectivity index (χ3v) is 3.31. The van der Waals surface area contributed by atoms with Crippen LogP contribution in [-0.4, -0.2) is 31.1 Å². The first kappa shape index (κ1) is 17.7. The second-order valence-corrected chi connectivity index (χ2v) is 4.85. The molecule has 0 unspecified atom stereocenters. The van der Waals surface area contributed by atoms with E-state index in [1.807, 2.05) is 6.07 Å². The van der Waals surface area contributed by atoms with Gasteiger partial charge >= 0.3 is 0 Å². The van der Waals surface area contributed by atoms with Crippen molar-refractivity contribution < 1.29 is 19.2 Å². The minimum absolute atomic E-state index is 0.0787. The van der Waals surface area contributed by atoms with Gasteiger partial charge in [-0.25, -0.2) is 0 Å². The summed E-state index contributed by atoms with van der Waals surface area (Å²) in [7, 11) is 1.39. The monoisotopic (exact) mass is 341 g/mol. The molecule has 0 aliphatic rings. The molecule has 0 saturated carbocycles. The number of hydrogen-bond acceptors (Lipinski definition) is 6. The predicted octanol–water partition coefficient (Wildman–Crippen LogP) is 2.54. The van der Waals surface area contributed by atoms with Crippen molar-refractivity contribution >= 4 is 17.3 Å². The molecule has 2 rings (SSSR count). The standard InChI is InChI=1S/C17H15N3O5/c1-24-15-8-7-14(20(22)23)11-16(15)25-12-17(21)19(10-9-18)13-5-3-2-4-6-13/h2-8,11H,10,12H2,1H3. The lowest BCUT2D eigenvalue weighted by Gasteiger charge is -2.20. The first-order valence-corrected chi connectivity index (χ1v) is 7.24. The molecule has 0 radical (unpaired) electrons. The van der Waals surface area contributed by atoms with E-state index in [9.17, 15) is 14.9 Å². The fourth-order valence-corrected chi connectivity index (χ4v) is 2.11. The lowest BCUT2D eigenvalue weighted by Crippen LogP contribution is -2.35. The Balaban J connectivity index is 2.16. The van der Waals surface area contributed by atoms with Crippen molar-refractivity contribution in [3.8, 4) is 17.6 Å². The molecule has 2 aromatic carbocycles. The molecule has 8 heteroatoms. The maximum Gasteiger partial charge on any atom is 0.273 e. The first-order valence-electron chi connectivity index (χ1n) is 7.24. The fourth-order valence-electron chi connectivity index (χ4n) is 2.11. The molecule has 0 N–H and O–H groups in total. The largest absolute Gasteiger partial charge is 0.493 e. The minimum atomic E-state index is -0.569. The van der Waals surface area contributed by atoms with Gasteiger partial charge in [0.05, 0.1) is 24.2 Å². The number of methoxy groups -OCH3 is 1. The van der Waals surface area contributed by atoms with Crippen molar-refractivity contribution in [2.45, 2.75) is 0 Å². The summed E-state index contributed by atoms with van der Waals surface area (Å²) in [5, 5.41) is 19.8. The van der Waals surface area contributed by atoms with E-state index in [0.29, 0.717) is 5.69 Å². The van der Waals surface area contributed by atoms with Crippen LogP contribution in [-0.2, 0) is 4.79 Å². The van der Waals surface area contributed by atoms with Crippen molar-refractivity contribution in [3.05, 3.63) is 58.6 Å². The number of nitrogens with zero attached hydrogens (tertiary/aromatic N) is 3. The van der Waals surface area contributed by atoms with Gasteiger partial charge in [-0.3, -0.25) is 19.8 Å². The van der Waals surface area contributed by atoms with Crippen molar-refractivity contribution in [3.63, 3.8) is 0 Å². The van der Waals surface area contributed by atoms with E-state index in [0.717, 1.165) is 0 Å². The van der Waals surface area contributed by atoms with Crippen molar-refractivity contribution in [2.24, 2.45) is 0 Å². The van der Waals surface area contributed by atoms with E-state index in [2.05, 4.69) is 0 Å². The summed E-state index contributed by atoms with van der Waals surface area (Å²) in [6, 6.07) is 14.5. The quantitative estimate of drug-likeness (QED) is 0.435. The smallest absolute Gasteiger partial charge is 0.273 e. The van der Waals surface area contributed by atoms with Gasteiger partial charge in [0.15, 0.2) is 18.1 Å². The summed E-state index contributed by atoms with van der Waals surface area (Å²) in [5.74, 6) is -0.110. The highest BCUT2D eigenvalue weighted by atomic mass is 16.6. The second kappa shape index (κ2) is 8.31. The number of ether oxygens (including phenoxy) is 2. The minimum Gasteiger partial charge on any atom is -0.493 e. The third-order valence-electron chi connectivity index (χ3n) is 3.31. The zero-order chi connectivity index (χ0) is 18.2. The number of non-ortho nitro benzene ring substituents is 1. The fraction of sp³-hybridized carbons (Fsp3) is 0.176. The number of rotatable bonds is 7. The van der Waals surface area contributed by atoms with Gasteiger partial charge in [-0.15, -0.1) is 0 Å². The number of anilines is 1. The van der Waals surface area contributed by atoms with Gasteiger partial charge in [-0.2, -0.15) is 5.26 Å². The molecule has 0 bridgehead atoms. The number of benzene rings is 2. The van der Waals surface area contributed by atoms with Gasteiger partial charge < -0.3 is 9.47 Å². The van der Waals surface area contributed by atoms with Gasteiger partial charge in [0.25, 0.3) is 11.6 Å². The Labute approximate surface area is 144 Å². The van der Waals surface area contributed by atoms with Crippen molar-refractivity contribution in [2.75, 3.05) is 25.2 Å². The maximum absolute atomic E-state index is 12.4. The molecule has 0 aromatic heterocycles. The Morgan fingerprint density at radius 3 is 2.56 bits per heavy atom. The molecule has 0 fully saturated rings. The van der Waals surface area contributed by atoms with Gasteiger partial charge in [-0.1, -0.05) is 18.2 Å². The molecule has 25 heavy (non-hydrogen) atoms. The third kappa shape index (κ3) is 4.45. The highest BCUT2D eigenvalue weighted by Gasteiger charge is 2.18. The SMILES string of the molecule is COc1ccc([N+](=O)[O-])cc1OCC(=O)N(CC#N)c1ccccc1. The summed E-state index contributed by atoms with van der Waals surface area (Å²) in [5.41, 5.74) is 0.379. The molecule has 0 aliphatic heterocycles. The van der Waals surface area contributed by atoms with E-state index in [4.69, 9.17) is 14.7 Å². The van der Waals surface area contributed by atoms with Crippen LogP contribution in [0.5, 0.6) is 11.5 Å². The van der Waals surface area contributed by atoms with Crippen molar-refractivity contribution in [1.29, 1.82) is 5.26 Å². The van der Waals surface area contributed by atoms with Gasteiger partial charge in [0, 0.05) is 11.8 Å². The molecule has 0 heterocycles. The average molecular weight is 341 g/mol. The van der Waals surface area contributed by atoms with Crippen LogP contribution in [0.1, 0.15) is 0 Å². The van der Waals surface area contributed by atoms with E-state index in [1.54, 1.807) is 30.3 Å². The predicted molar refractivity (Wildman–Crippen MR) is 89.6 cm³/mol. The molecular formula is C17H15N3O5. The van der Waals surface area contributed by atoms with Crippen LogP contribution >= 0.6 is 0 Å². The number of nitriles is 1. The topological polar surface area (TPSA) is 106 Å². The number of carbonyl (C=O) groups excluding carboxylic acids is 1. The van der Waals surface area contributed by atoms with Crippen molar-refractivity contribution in [1.82, 2.24) is 0 Å². The van der Waals surface area contributed by atoms with Crippen LogP contribution in [0.2, 0.25) is 0 Å². The number of hydrogen-bond donors (Lipinski definition) is 0. The van der Waals surface area contributed by atoms with Crippen LogP contribution in [0.25, 0.3) is 0 Å². The van der Waals surface area contributed by atoms with Crippen LogP contribution in [0.3, 0.4) is 0 Å². The summed E-state index contributed by atoms with van der Waals surface area (Å²) in [6.07, 6.45) is 0. The zero-order valence-corrected chi connectivity index (χ0v) is 13.4. The number of nitro benzene ring substituents is 1. The molecule has 8 nitrogen and oxygen atoms in total. The molecule has 2 aromatic rings. The summed E-state index contributed by atoms with van der Waals surface area (Å²) in [4.78, 5) is 24.0. The van der Waals surface area contributed by atoms with E-state index >= 15 is 0 Å². The molecule has 0 saturated heterocycles. The summed E-state index contributed by atoms with van der Waals surface area (Å²) in [6.45, 7) is -0.535. The maximum atomic E-state index is 12.4. The van der Waals surface area contributed by atoms with E-state index in [-0.39, 0.29) is 23.7 Å². The Morgan fingerprint density at radius 1 is 1.24 bits per heavy atom. The number of amides is 1. The normalized spacial score (nSPS) is 9.76. The summed E-state index contributed by atoms with van der Waals surface area (Å²) >= 11 is 0. The van der Waals surface area contributed by atoms with Gasteiger partial charge in [0.1, 0.15) is 6.54 Å². The van der Waals surface area contributed by atoms with Gasteiger partial charge in [-0.05, 0) is 18.2 Å². The zero-order valence-electron chi connectivity index (χ0n) is 13.4. The molecule has 128 valence electrons. The summed E-state index contributed by atoms with van der Waals surface area (Å²) < 4.78 is 10.5. The van der Waals surface area contributed by atoms with Crippen LogP contribution < -0.4 is 14.4 Å². The lowest BCUT2D eigenvalue weighted by atomic mass is 10.2. The molecule has 0 aliphatic carbocycles. The van der Waals surface area contributed by atoms with E-state index < -0.39 is 17.4 Å². The van der Waals surface area contributed by atoms with Crippen LogP contribution in [0, 0.1) is 21.4 Å². The Bertz CT molecular complexity index is 802. The molecule has 0 spiro atoms. The first-order chi connectivity index (χ1) is 12.1. The van der Waals surface area contributed by atoms with E-state index in [1.165, 1.54) is 30.2 Å². The van der Waals surface area contributed by atoms with Gasteiger partial charge in [0.2, 0.25) is 0 Å². The van der Waals surface area contributed by atoms with Crippen LogP contribution in [0.4, 0.5) is 11.4 Å². The Kier molecular flexibility index (Phi) is 5.90. The van der Waals surface area contributed by atoms with Crippen LogP contribution in [0.15, 0.2) is 48.5 Å². The second-order valence-electron chi connectivity index (χ2n) is 4.85. The highest BCUT2D eigenvalue weighted by Crippen LogP contribution is 2.31. The number of nitro groups is 1.